The number of nitrogens with zero attached hydrogens (tertiary/aromatic N) is 1. The van der Waals surface area contributed by atoms with Crippen molar-refractivity contribution >= 4 is 11.7 Å². The van der Waals surface area contributed by atoms with Gasteiger partial charge in [0.25, 0.3) is 0 Å². The lowest BCUT2D eigenvalue weighted by Crippen LogP contribution is -2.60. The van der Waals surface area contributed by atoms with Gasteiger partial charge in [0, 0.05) is 18.5 Å². The summed E-state index contributed by atoms with van der Waals surface area (Å²) in [5, 5.41) is 0. The van der Waals surface area contributed by atoms with Gasteiger partial charge in [-0.2, -0.15) is 26.3 Å². The first-order valence-electron chi connectivity index (χ1n) is 8.58. The molecule has 0 radical (unpaired) electrons. The number of carbonyl (C=O) groups excluding carboxylic acids is 1. The number of likely N-dealkylation sites (tertiary alicyclic amines) is 1. The Labute approximate surface area is 158 Å². The van der Waals surface area contributed by atoms with E-state index in [2.05, 4.69) is 0 Å². The van der Waals surface area contributed by atoms with E-state index >= 15 is 0 Å². The van der Waals surface area contributed by atoms with Gasteiger partial charge in [0.05, 0.1) is 11.1 Å². The van der Waals surface area contributed by atoms with Crippen LogP contribution in [0.5, 0.6) is 0 Å². The summed E-state index contributed by atoms with van der Waals surface area (Å²) in [6.45, 7) is 5.85. The normalized spacial score (nSPS) is 19.0. The van der Waals surface area contributed by atoms with Gasteiger partial charge >= 0.3 is 18.4 Å². The number of allylic oxidation sites excluding steroid dienone is 1. The number of halogens is 6. The number of hydrogen-bond acceptors (Lipinski definition) is 2. The lowest BCUT2D eigenvalue weighted by molar-refractivity contribution is -0.143. The highest BCUT2D eigenvalue weighted by atomic mass is 19.4. The van der Waals surface area contributed by atoms with Crippen LogP contribution in [-0.4, -0.2) is 29.7 Å². The van der Waals surface area contributed by atoms with Crippen LogP contribution in [0.2, 0.25) is 0 Å². The molecule has 0 N–H and O–H groups in total. The van der Waals surface area contributed by atoms with Gasteiger partial charge in [-0.15, -0.1) is 0 Å². The van der Waals surface area contributed by atoms with Crippen LogP contribution in [0.3, 0.4) is 0 Å². The van der Waals surface area contributed by atoms with Gasteiger partial charge in [0.15, 0.2) is 0 Å². The first-order chi connectivity index (χ1) is 12.6. The van der Waals surface area contributed by atoms with E-state index in [-0.39, 0.29) is 11.6 Å². The van der Waals surface area contributed by atoms with Gasteiger partial charge in [-0.1, -0.05) is 6.08 Å². The van der Waals surface area contributed by atoms with Gasteiger partial charge in [0.1, 0.15) is 5.60 Å². The Morgan fingerprint density at radius 1 is 0.964 bits per heavy atom. The molecule has 0 unspecified atom stereocenters. The minimum absolute atomic E-state index is 0.0940. The fourth-order valence-electron chi connectivity index (χ4n) is 3.42. The average molecular weight is 407 g/mol. The summed E-state index contributed by atoms with van der Waals surface area (Å²) in [5.41, 5.74) is -3.39. The van der Waals surface area contributed by atoms with Crippen molar-refractivity contribution in [2.75, 3.05) is 13.1 Å². The minimum atomic E-state index is -4.87. The quantitative estimate of drug-likeness (QED) is 0.555. The van der Waals surface area contributed by atoms with Crippen molar-refractivity contribution in [1.29, 1.82) is 0 Å². The predicted molar refractivity (Wildman–Crippen MR) is 89.3 cm³/mol. The van der Waals surface area contributed by atoms with E-state index in [1.165, 1.54) is 4.90 Å². The molecule has 3 nitrogen and oxygen atoms in total. The van der Waals surface area contributed by atoms with E-state index in [1.807, 2.05) is 0 Å². The monoisotopic (exact) mass is 407 g/mol. The zero-order chi connectivity index (χ0) is 21.1. The first kappa shape index (κ1) is 20.5. The molecule has 1 aliphatic heterocycles. The molecule has 154 valence electrons. The van der Waals surface area contributed by atoms with Crippen molar-refractivity contribution < 1.29 is 35.9 Å². The van der Waals surface area contributed by atoms with Crippen LogP contribution in [0.4, 0.5) is 31.1 Å². The topological polar surface area (TPSA) is 29.5 Å². The van der Waals surface area contributed by atoms with E-state index < -0.39 is 40.6 Å². The van der Waals surface area contributed by atoms with Gasteiger partial charge in [-0.05, 0) is 56.5 Å². The molecule has 0 saturated carbocycles. The average Bonchev–Trinajstić information content (AvgIpc) is 2.40. The molecule has 28 heavy (non-hydrogen) atoms. The summed E-state index contributed by atoms with van der Waals surface area (Å²) >= 11 is 0. The molecule has 1 amide bonds. The molecule has 2 aliphatic rings. The molecule has 0 atom stereocenters. The highest BCUT2D eigenvalue weighted by Crippen LogP contribution is 2.51. The van der Waals surface area contributed by atoms with Crippen molar-refractivity contribution in [2.45, 2.75) is 45.1 Å². The zero-order valence-corrected chi connectivity index (χ0v) is 15.5. The van der Waals surface area contributed by atoms with E-state index in [9.17, 15) is 31.1 Å². The Hall–Kier alpha value is -2.19. The van der Waals surface area contributed by atoms with Crippen LogP contribution in [0.1, 0.15) is 43.9 Å². The van der Waals surface area contributed by atoms with Gasteiger partial charge in [-0.3, -0.25) is 0 Å². The molecule has 9 heteroatoms. The molecule has 1 aromatic rings. The molecular formula is C19H19F6NO2. The summed E-state index contributed by atoms with van der Waals surface area (Å²) in [7, 11) is 0. The largest absolute Gasteiger partial charge is 0.444 e. The standard InChI is InChI=1S/C19H19F6NO2/c1-16(2,3)28-15(27)26-9-17(10-26)7-12(8-17)11-4-13(18(20,21)22)6-14(5-11)19(23,24)25/h4-7H,8-10H2,1-3H3. The Bertz CT molecular complexity index is 794. The van der Waals surface area contributed by atoms with Crippen molar-refractivity contribution in [3.05, 3.63) is 41.0 Å². The second-order valence-corrected chi connectivity index (χ2v) is 8.34. The van der Waals surface area contributed by atoms with Crippen LogP contribution in [-0.2, 0) is 17.1 Å². The summed E-state index contributed by atoms with van der Waals surface area (Å²) in [5.74, 6) is 0. The van der Waals surface area contributed by atoms with Crippen molar-refractivity contribution in [1.82, 2.24) is 4.90 Å². The lowest BCUT2D eigenvalue weighted by Gasteiger charge is -2.53. The molecule has 1 aromatic carbocycles. The maximum atomic E-state index is 13.0. The summed E-state index contributed by atoms with van der Waals surface area (Å²) in [4.78, 5) is 13.4. The highest BCUT2D eigenvalue weighted by molar-refractivity contribution is 5.77. The number of hydrogen-bond donors (Lipinski definition) is 0. The SMILES string of the molecule is CC(C)(C)OC(=O)N1CC2(C=C(c3cc(C(F)(F)F)cc(C(F)(F)F)c3)C2)C1. The molecule has 1 fully saturated rings. The van der Waals surface area contributed by atoms with Crippen molar-refractivity contribution in [3.8, 4) is 0 Å². The smallest absolute Gasteiger partial charge is 0.416 e. The van der Waals surface area contributed by atoms with Gasteiger partial charge in [-0.25, -0.2) is 4.79 Å². The number of ether oxygens (including phenoxy) is 1. The third kappa shape index (κ3) is 4.12. The second-order valence-electron chi connectivity index (χ2n) is 8.34. The third-order valence-electron chi connectivity index (χ3n) is 4.64. The molecule has 1 spiro atoms. The van der Waals surface area contributed by atoms with E-state index in [1.54, 1.807) is 26.8 Å². The Morgan fingerprint density at radius 2 is 1.43 bits per heavy atom. The molecular weight excluding hydrogens is 388 g/mol. The van der Waals surface area contributed by atoms with Gasteiger partial charge < -0.3 is 9.64 Å². The maximum Gasteiger partial charge on any atom is 0.416 e. The van der Waals surface area contributed by atoms with Crippen LogP contribution in [0, 0.1) is 5.41 Å². The zero-order valence-electron chi connectivity index (χ0n) is 15.5. The number of carbonyl (C=O) groups is 1. The Balaban J connectivity index is 1.77. The third-order valence-corrected chi connectivity index (χ3v) is 4.64. The van der Waals surface area contributed by atoms with Crippen LogP contribution < -0.4 is 0 Å². The van der Waals surface area contributed by atoms with Gasteiger partial charge in [0.2, 0.25) is 0 Å². The number of amides is 1. The van der Waals surface area contributed by atoms with Crippen LogP contribution in [0.25, 0.3) is 5.57 Å². The lowest BCUT2D eigenvalue weighted by atomic mass is 9.64. The summed E-state index contributed by atoms with van der Waals surface area (Å²) < 4.78 is 83.1. The maximum absolute atomic E-state index is 13.0. The predicted octanol–water partition coefficient (Wildman–Crippen LogP) is 5.75. The molecule has 3 rings (SSSR count). The van der Waals surface area contributed by atoms with E-state index in [0.717, 1.165) is 12.1 Å². The molecule has 1 saturated heterocycles. The highest BCUT2D eigenvalue weighted by Gasteiger charge is 2.50. The Kier molecular flexibility index (Phi) is 4.51. The molecule has 1 aliphatic carbocycles. The molecule has 0 bridgehead atoms. The van der Waals surface area contributed by atoms with E-state index in [4.69, 9.17) is 4.74 Å². The second kappa shape index (κ2) is 6.15. The van der Waals surface area contributed by atoms with Crippen LogP contribution >= 0.6 is 0 Å². The number of rotatable bonds is 1. The summed E-state index contributed by atoms with van der Waals surface area (Å²) in [6.07, 6.45) is -8.27. The first-order valence-corrected chi connectivity index (χ1v) is 8.58. The molecule has 0 aromatic heterocycles. The molecule has 1 heterocycles. The summed E-state index contributed by atoms with van der Waals surface area (Å²) in [6, 6.07) is 1.59. The van der Waals surface area contributed by atoms with E-state index in [0.29, 0.717) is 25.1 Å². The fraction of sp³-hybridized carbons (Fsp3) is 0.526. The number of benzene rings is 1. The van der Waals surface area contributed by atoms with Crippen molar-refractivity contribution in [3.63, 3.8) is 0 Å². The van der Waals surface area contributed by atoms with Crippen LogP contribution in [0.15, 0.2) is 24.3 Å². The Morgan fingerprint density at radius 3 is 1.82 bits per heavy atom. The fourth-order valence-corrected chi connectivity index (χ4v) is 3.42. The van der Waals surface area contributed by atoms with Crippen molar-refractivity contribution in [2.24, 2.45) is 5.41 Å². The minimum Gasteiger partial charge on any atom is -0.444 e. The number of alkyl halides is 6.